The highest BCUT2D eigenvalue weighted by atomic mass is 15.1. The van der Waals surface area contributed by atoms with Gasteiger partial charge in [0, 0.05) is 17.8 Å². The lowest BCUT2D eigenvalue weighted by Gasteiger charge is -2.24. The number of hydrogen-bond acceptors (Lipinski definition) is 2. The predicted molar refractivity (Wildman–Crippen MR) is 52.7 cm³/mol. The van der Waals surface area contributed by atoms with Crippen LogP contribution in [0.5, 0.6) is 0 Å². The van der Waals surface area contributed by atoms with Crippen LogP contribution in [0.25, 0.3) is 0 Å². The van der Waals surface area contributed by atoms with Crippen molar-refractivity contribution in [2.45, 2.75) is 45.2 Å². The van der Waals surface area contributed by atoms with Crippen LogP contribution in [0.15, 0.2) is 6.20 Å². The third-order valence-corrected chi connectivity index (χ3v) is 2.59. The van der Waals surface area contributed by atoms with Gasteiger partial charge in [0.05, 0.1) is 6.20 Å². The van der Waals surface area contributed by atoms with Crippen LogP contribution in [0.4, 0.5) is 0 Å². The molecule has 1 aromatic rings. The quantitative estimate of drug-likeness (QED) is 0.717. The summed E-state index contributed by atoms with van der Waals surface area (Å²) in [5.74, 6) is 0. The monoisotopic (exact) mass is 179 g/mol. The Morgan fingerprint density at radius 3 is 3.23 bits per heavy atom. The van der Waals surface area contributed by atoms with Crippen molar-refractivity contribution in [2.24, 2.45) is 0 Å². The molecule has 1 heterocycles. The van der Waals surface area contributed by atoms with Gasteiger partial charge in [0.25, 0.3) is 0 Å². The molecule has 0 bridgehead atoms. The van der Waals surface area contributed by atoms with Crippen LogP contribution in [0.3, 0.4) is 0 Å². The van der Waals surface area contributed by atoms with E-state index >= 15 is 0 Å². The van der Waals surface area contributed by atoms with E-state index < -0.39 is 0 Å². The minimum absolute atomic E-state index is 0.582. The van der Waals surface area contributed by atoms with Gasteiger partial charge in [-0.25, -0.2) is 0 Å². The van der Waals surface area contributed by atoms with E-state index in [0.29, 0.717) is 12.1 Å². The Kier molecular flexibility index (Phi) is 2.36. The molecule has 3 nitrogen and oxygen atoms in total. The van der Waals surface area contributed by atoms with E-state index in [9.17, 15) is 0 Å². The van der Waals surface area contributed by atoms with Crippen molar-refractivity contribution in [2.75, 3.05) is 0 Å². The maximum Gasteiger partial charge on any atom is 0.0522 e. The summed E-state index contributed by atoms with van der Waals surface area (Å²) in [5, 5.41) is 10.7. The van der Waals surface area contributed by atoms with Crippen LogP contribution in [0, 0.1) is 0 Å². The van der Waals surface area contributed by atoms with E-state index in [-0.39, 0.29) is 0 Å². The van der Waals surface area contributed by atoms with Crippen molar-refractivity contribution in [1.82, 2.24) is 15.5 Å². The fourth-order valence-electron chi connectivity index (χ4n) is 2.03. The van der Waals surface area contributed by atoms with E-state index in [1.165, 1.54) is 17.7 Å². The fraction of sp³-hybridized carbons (Fsp3) is 0.700. The number of rotatable bonds is 2. The second kappa shape index (κ2) is 3.50. The molecule has 2 rings (SSSR count). The molecule has 1 aliphatic carbocycles. The standard InChI is InChI=1S/C10H17N3/c1-7(2)12-9-3-4-10-8(5-9)6-11-13-10/h6-7,9,12H,3-5H2,1-2H3,(H,11,13). The van der Waals surface area contributed by atoms with Crippen molar-refractivity contribution in [3.63, 3.8) is 0 Å². The number of fused-ring (bicyclic) bond motifs is 1. The van der Waals surface area contributed by atoms with Crippen LogP contribution < -0.4 is 5.32 Å². The molecular formula is C10H17N3. The third-order valence-electron chi connectivity index (χ3n) is 2.59. The SMILES string of the molecule is CC(C)NC1CCc2[nH]ncc2C1. The minimum Gasteiger partial charge on any atom is -0.311 e. The maximum absolute atomic E-state index is 4.06. The van der Waals surface area contributed by atoms with E-state index in [1.54, 1.807) is 0 Å². The Morgan fingerprint density at radius 1 is 1.62 bits per heavy atom. The van der Waals surface area contributed by atoms with Gasteiger partial charge in [-0.15, -0.1) is 0 Å². The first-order valence-corrected chi connectivity index (χ1v) is 5.03. The van der Waals surface area contributed by atoms with Crippen molar-refractivity contribution >= 4 is 0 Å². The molecule has 1 aliphatic rings. The van der Waals surface area contributed by atoms with E-state index in [4.69, 9.17) is 0 Å². The van der Waals surface area contributed by atoms with Gasteiger partial charge < -0.3 is 5.32 Å². The molecule has 0 aliphatic heterocycles. The Hall–Kier alpha value is -0.830. The number of hydrogen-bond donors (Lipinski definition) is 2. The van der Waals surface area contributed by atoms with Gasteiger partial charge in [-0.2, -0.15) is 5.10 Å². The van der Waals surface area contributed by atoms with Crippen molar-refractivity contribution in [3.05, 3.63) is 17.5 Å². The third kappa shape index (κ3) is 1.91. The summed E-state index contributed by atoms with van der Waals surface area (Å²) >= 11 is 0. The second-order valence-corrected chi connectivity index (χ2v) is 4.13. The molecule has 2 N–H and O–H groups in total. The maximum atomic E-state index is 4.06. The number of H-pyrrole nitrogens is 1. The summed E-state index contributed by atoms with van der Waals surface area (Å²) in [5.41, 5.74) is 2.73. The van der Waals surface area contributed by atoms with Gasteiger partial charge in [0.1, 0.15) is 0 Å². The zero-order chi connectivity index (χ0) is 9.26. The molecule has 0 aromatic carbocycles. The van der Waals surface area contributed by atoms with Gasteiger partial charge in [0.15, 0.2) is 0 Å². The molecule has 72 valence electrons. The molecule has 0 spiro atoms. The Morgan fingerprint density at radius 2 is 2.46 bits per heavy atom. The molecule has 13 heavy (non-hydrogen) atoms. The average molecular weight is 179 g/mol. The highest BCUT2D eigenvalue weighted by Crippen LogP contribution is 2.18. The smallest absolute Gasteiger partial charge is 0.0522 e. The summed E-state index contributed by atoms with van der Waals surface area (Å²) in [4.78, 5) is 0. The molecule has 3 heteroatoms. The van der Waals surface area contributed by atoms with Crippen LogP contribution >= 0.6 is 0 Å². The lowest BCUT2D eigenvalue weighted by molar-refractivity contribution is 0.420. The van der Waals surface area contributed by atoms with Crippen LogP contribution in [-0.2, 0) is 12.8 Å². The summed E-state index contributed by atoms with van der Waals surface area (Å²) in [6.45, 7) is 4.40. The Balaban J connectivity index is 2.00. The van der Waals surface area contributed by atoms with Crippen molar-refractivity contribution in [3.8, 4) is 0 Å². The van der Waals surface area contributed by atoms with Crippen LogP contribution in [0.2, 0.25) is 0 Å². The molecule has 0 radical (unpaired) electrons. The lowest BCUT2D eigenvalue weighted by Crippen LogP contribution is -2.38. The highest BCUT2D eigenvalue weighted by molar-refractivity contribution is 5.21. The molecule has 0 saturated carbocycles. The number of aromatic nitrogens is 2. The molecule has 0 saturated heterocycles. The number of aryl methyl sites for hydroxylation is 1. The fourth-order valence-corrected chi connectivity index (χ4v) is 2.03. The lowest BCUT2D eigenvalue weighted by atomic mass is 9.93. The molecular weight excluding hydrogens is 162 g/mol. The Labute approximate surface area is 78.9 Å². The number of nitrogens with zero attached hydrogens (tertiary/aromatic N) is 1. The first kappa shape index (κ1) is 8.75. The molecule has 0 amide bonds. The summed E-state index contributed by atoms with van der Waals surface area (Å²) in [6.07, 6.45) is 5.46. The van der Waals surface area contributed by atoms with Crippen LogP contribution in [-0.4, -0.2) is 22.3 Å². The number of nitrogens with one attached hydrogen (secondary N) is 2. The normalized spacial score (nSPS) is 21.9. The molecule has 1 unspecified atom stereocenters. The first-order valence-electron chi connectivity index (χ1n) is 5.03. The van der Waals surface area contributed by atoms with E-state index in [2.05, 4.69) is 29.4 Å². The van der Waals surface area contributed by atoms with E-state index in [0.717, 1.165) is 12.8 Å². The Bertz CT molecular complexity index is 277. The average Bonchev–Trinajstić information content (AvgIpc) is 2.49. The first-order chi connectivity index (χ1) is 6.25. The zero-order valence-corrected chi connectivity index (χ0v) is 8.30. The summed E-state index contributed by atoms with van der Waals surface area (Å²) in [6, 6.07) is 1.23. The van der Waals surface area contributed by atoms with Crippen LogP contribution in [0.1, 0.15) is 31.5 Å². The largest absolute Gasteiger partial charge is 0.311 e. The topological polar surface area (TPSA) is 40.7 Å². The van der Waals surface area contributed by atoms with E-state index in [1.807, 2.05) is 6.20 Å². The van der Waals surface area contributed by atoms with Gasteiger partial charge in [0.2, 0.25) is 0 Å². The van der Waals surface area contributed by atoms with Gasteiger partial charge in [-0.05, 0) is 24.8 Å². The molecule has 1 aromatic heterocycles. The van der Waals surface area contributed by atoms with Crippen molar-refractivity contribution in [1.29, 1.82) is 0 Å². The molecule has 1 atom stereocenters. The summed E-state index contributed by atoms with van der Waals surface area (Å²) < 4.78 is 0. The zero-order valence-electron chi connectivity index (χ0n) is 8.30. The predicted octanol–water partition coefficient (Wildman–Crippen LogP) is 1.26. The highest BCUT2D eigenvalue weighted by Gasteiger charge is 2.19. The molecule has 0 fully saturated rings. The van der Waals surface area contributed by atoms with Gasteiger partial charge in [-0.3, -0.25) is 5.10 Å². The number of aromatic amines is 1. The van der Waals surface area contributed by atoms with Gasteiger partial charge >= 0.3 is 0 Å². The van der Waals surface area contributed by atoms with Crippen molar-refractivity contribution < 1.29 is 0 Å². The summed E-state index contributed by atoms with van der Waals surface area (Å²) in [7, 11) is 0. The van der Waals surface area contributed by atoms with Gasteiger partial charge in [-0.1, -0.05) is 13.8 Å². The second-order valence-electron chi connectivity index (χ2n) is 4.13. The minimum atomic E-state index is 0.582.